The van der Waals surface area contributed by atoms with Gasteiger partial charge in [0.1, 0.15) is 11.6 Å². The number of benzene rings is 1. The lowest BCUT2D eigenvalue weighted by atomic mass is 10.1. The van der Waals surface area contributed by atoms with E-state index in [0.717, 1.165) is 36.2 Å². The summed E-state index contributed by atoms with van der Waals surface area (Å²) >= 11 is 0. The van der Waals surface area contributed by atoms with Crippen molar-refractivity contribution in [3.8, 4) is 5.75 Å². The number of pyridine rings is 1. The summed E-state index contributed by atoms with van der Waals surface area (Å²) in [5.74, 6) is 1.53. The van der Waals surface area contributed by atoms with Gasteiger partial charge in [0.25, 0.3) is 5.91 Å². The number of nitrogens with zero attached hydrogens (tertiary/aromatic N) is 2. The third-order valence-corrected chi connectivity index (χ3v) is 4.29. The number of hydrogen-bond acceptors (Lipinski definition) is 3. The van der Waals surface area contributed by atoms with Gasteiger partial charge in [-0.25, -0.2) is 4.98 Å². The number of carbonyl (C=O) groups is 1. The Kier molecular flexibility index (Phi) is 5.56. The van der Waals surface area contributed by atoms with Gasteiger partial charge in [0.05, 0.1) is 5.52 Å². The molecule has 0 radical (unpaired) electrons. The van der Waals surface area contributed by atoms with Gasteiger partial charge in [-0.3, -0.25) is 4.79 Å². The monoisotopic (exact) mass is 351 g/mol. The molecule has 0 fully saturated rings. The van der Waals surface area contributed by atoms with Gasteiger partial charge in [-0.05, 0) is 48.6 Å². The number of amides is 1. The van der Waals surface area contributed by atoms with Crippen molar-refractivity contribution in [1.29, 1.82) is 0 Å². The molecule has 1 aromatic carbocycles. The fraction of sp³-hybridized carbons (Fsp3) is 0.333. The van der Waals surface area contributed by atoms with Crippen LogP contribution in [0.2, 0.25) is 0 Å². The Morgan fingerprint density at radius 3 is 2.69 bits per heavy atom. The second-order valence-corrected chi connectivity index (χ2v) is 6.96. The van der Waals surface area contributed by atoms with E-state index in [1.165, 1.54) is 0 Å². The van der Waals surface area contributed by atoms with Crippen molar-refractivity contribution in [2.75, 3.05) is 6.54 Å². The molecule has 2 N–H and O–H groups in total. The van der Waals surface area contributed by atoms with Gasteiger partial charge in [0.15, 0.2) is 5.69 Å². The van der Waals surface area contributed by atoms with E-state index in [4.69, 9.17) is 0 Å². The van der Waals surface area contributed by atoms with E-state index < -0.39 is 0 Å². The highest BCUT2D eigenvalue weighted by Crippen LogP contribution is 2.16. The summed E-state index contributed by atoms with van der Waals surface area (Å²) in [6.45, 7) is 4.88. The van der Waals surface area contributed by atoms with Crippen LogP contribution in [0.3, 0.4) is 0 Å². The first-order chi connectivity index (χ1) is 12.5. The Labute approximate surface area is 153 Å². The number of aromatic nitrogens is 2. The molecule has 136 valence electrons. The van der Waals surface area contributed by atoms with E-state index in [0.29, 0.717) is 18.2 Å². The van der Waals surface area contributed by atoms with E-state index in [9.17, 15) is 9.90 Å². The number of fused-ring (bicyclic) bond motifs is 1. The second-order valence-electron chi connectivity index (χ2n) is 6.96. The zero-order valence-corrected chi connectivity index (χ0v) is 15.3. The Bertz CT molecular complexity index is 882. The number of nitrogens with one attached hydrogen (secondary N) is 1. The SMILES string of the molecule is CC(C)Cc1nc(C(=O)NCCCc2ccc(O)cc2)c2ccccn12. The van der Waals surface area contributed by atoms with Crippen LogP contribution in [0, 0.1) is 5.92 Å². The molecular formula is C21H25N3O2. The van der Waals surface area contributed by atoms with Crippen LogP contribution < -0.4 is 5.32 Å². The average Bonchev–Trinajstić information content (AvgIpc) is 2.98. The van der Waals surface area contributed by atoms with Crippen LogP contribution >= 0.6 is 0 Å². The third kappa shape index (κ3) is 4.23. The smallest absolute Gasteiger partial charge is 0.272 e. The number of hydrogen-bond donors (Lipinski definition) is 2. The number of imidazole rings is 1. The summed E-state index contributed by atoms with van der Waals surface area (Å²) in [5, 5.41) is 12.3. The lowest BCUT2D eigenvalue weighted by Gasteiger charge is -2.04. The molecule has 0 spiro atoms. The Hall–Kier alpha value is -2.82. The largest absolute Gasteiger partial charge is 0.508 e. The van der Waals surface area contributed by atoms with E-state index in [1.807, 2.05) is 40.9 Å². The minimum absolute atomic E-state index is 0.130. The maximum absolute atomic E-state index is 12.6. The van der Waals surface area contributed by atoms with Crippen molar-refractivity contribution < 1.29 is 9.90 Å². The summed E-state index contributed by atoms with van der Waals surface area (Å²) in [6, 6.07) is 13.0. The molecule has 0 saturated carbocycles. The first-order valence-electron chi connectivity index (χ1n) is 9.06. The van der Waals surface area contributed by atoms with E-state index in [2.05, 4.69) is 24.1 Å². The van der Waals surface area contributed by atoms with Crippen LogP contribution in [0.25, 0.3) is 5.52 Å². The topological polar surface area (TPSA) is 66.6 Å². The molecular weight excluding hydrogens is 326 g/mol. The predicted molar refractivity (Wildman–Crippen MR) is 102 cm³/mol. The minimum atomic E-state index is -0.130. The fourth-order valence-corrected chi connectivity index (χ4v) is 3.02. The van der Waals surface area contributed by atoms with Crippen LogP contribution in [0.4, 0.5) is 0 Å². The van der Waals surface area contributed by atoms with Crippen molar-refractivity contribution in [2.45, 2.75) is 33.1 Å². The summed E-state index contributed by atoms with van der Waals surface area (Å²) < 4.78 is 2.01. The molecule has 26 heavy (non-hydrogen) atoms. The first-order valence-corrected chi connectivity index (χ1v) is 9.06. The van der Waals surface area contributed by atoms with Crippen LogP contribution in [-0.2, 0) is 12.8 Å². The van der Waals surface area contributed by atoms with Gasteiger partial charge >= 0.3 is 0 Å². The summed E-state index contributed by atoms with van der Waals surface area (Å²) in [4.78, 5) is 17.2. The highest BCUT2D eigenvalue weighted by atomic mass is 16.3. The van der Waals surface area contributed by atoms with Crippen molar-refractivity contribution in [3.05, 3.63) is 65.7 Å². The molecule has 0 saturated heterocycles. The van der Waals surface area contributed by atoms with Crippen LogP contribution in [-0.4, -0.2) is 26.9 Å². The predicted octanol–water partition coefficient (Wildman–Crippen LogP) is 3.60. The third-order valence-electron chi connectivity index (χ3n) is 4.29. The average molecular weight is 351 g/mol. The van der Waals surface area contributed by atoms with Crippen molar-refractivity contribution >= 4 is 11.4 Å². The van der Waals surface area contributed by atoms with Gasteiger partial charge in [-0.1, -0.05) is 32.0 Å². The van der Waals surface area contributed by atoms with E-state index in [1.54, 1.807) is 12.1 Å². The van der Waals surface area contributed by atoms with Gasteiger partial charge in [-0.2, -0.15) is 0 Å². The van der Waals surface area contributed by atoms with E-state index >= 15 is 0 Å². The van der Waals surface area contributed by atoms with Gasteiger partial charge in [-0.15, -0.1) is 0 Å². The molecule has 5 nitrogen and oxygen atoms in total. The zero-order valence-electron chi connectivity index (χ0n) is 15.3. The molecule has 0 aliphatic rings. The number of carbonyl (C=O) groups excluding carboxylic acids is 1. The molecule has 0 atom stereocenters. The molecule has 2 aromatic heterocycles. The minimum Gasteiger partial charge on any atom is -0.508 e. The molecule has 0 aliphatic heterocycles. The van der Waals surface area contributed by atoms with Gasteiger partial charge < -0.3 is 14.8 Å². The Balaban J connectivity index is 1.63. The number of phenolic OH excluding ortho intramolecular Hbond substituents is 1. The lowest BCUT2D eigenvalue weighted by molar-refractivity contribution is 0.0950. The number of aromatic hydroxyl groups is 1. The Morgan fingerprint density at radius 1 is 1.19 bits per heavy atom. The number of rotatable bonds is 7. The Morgan fingerprint density at radius 2 is 1.96 bits per heavy atom. The molecule has 0 unspecified atom stereocenters. The molecule has 3 rings (SSSR count). The van der Waals surface area contributed by atoms with Gasteiger partial charge in [0.2, 0.25) is 0 Å². The van der Waals surface area contributed by atoms with Crippen LogP contribution in [0.5, 0.6) is 5.75 Å². The van der Waals surface area contributed by atoms with Crippen molar-refractivity contribution in [1.82, 2.24) is 14.7 Å². The normalized spacial score (nSPS) is 11.2. The first kappa shape index (κ1) is 18.0. The molecule has 0 aliphatic carbocycles. The molecule has 5 heteroatoms. The van der Waals surface area contributed by atoms with E-state index in [-0.39, 0.29) is 11.7 Å². The molecule has 3 aromatic rings. The number of aryl methyl sites for hydroxylation is 1. The molecule has 1 amide bonds. The maximum atomic E-state index is 12.6. The zero-order chi connectivity index (χ0) is 18.5. The van der Waals surface area contributed by atoms with Crippen LogP contribution in [0.1, 0.15) is 42.1 Å². The lowest BCUT2D eigenvalue weighted by Crippen LogP contribution is -2.25. The molecule has 2 heterocycles. The van der Waals surface area contributed by atoms with Gasteiger partial charge in [0, 0.05) is 19.2 Å². The van der Waals surface area contributed by atoms with Crippen LogP contribution in [0.15, 0.2) is 48.7 Å². The summed E-state index contributed by atoms with van der Waals surface area (Å²) in [5.41, 5.74) is 2.48. The van der Waals surface area contributed by atoms with Crippen molar-refractivity contribution in [3.63, 3.8) is 0 Å². The maximum Gasteiger partial charge on any atom is 0.272 e. The summed E-state index contributed by atoms with van der Waals surface area (Å²) in [6.07, 6.45) is 4.48. The highest BCUT2D eigenvalue weighted by molar-refractivity contribution is 5.99. The second kappa shape index (κ2) is 8.04. The summed E-state index contributed by atoms with van der Waals surface area (Å²) in [7, 11) is 0. The quantitative estimate of drug-likeness (QED) is 0.639. The van der Waals surface area contributed by atoms with Crippen molar-refractivity contribution in [2.24, 2.45) is 5.92 Å². The highest BCUT2D eigenvalue weighted by Gasteiger charge is 2.17. The standard InChI is InChI=1S/C21H25N3O2/c1-15(2)14-19-23-20(18-7-3-4-13-24(18)19)21(26)22-12-5-6-16-8-10-17(25)11-9-16/h3-4,7-11,13,15,25H,5-6,12,14H2,1-2H3,(H,22,26). The number of phenols is 1. The fourth-order valence-electron chi connectivity index (χ4n) is 3.02. The molecule has 0 bridgehead atoms.